The Bertz CT molecular complexity index is 1130. The van der Waals surface area contributed by atoms with E-state index in [1.165, 1.54) is 18.2 Å². The minimum absolute atomic E-state index is 0.0266. The molecule has 0 atom stereocenters. The van der Waals surface area contributed by atoms with Crippen LogP contribution in [0.1, 0.15) is 22.3 Å². The molecule has 1 amide bonds. The highest BCUT2D eigenvalue weighted by atomic mass is 19.1. The molecule has 0 aliphatic heterocycles. The number of hydrogen-bond donors (Lipinski definition) is 1. The van der Waals surface area contributed by atoms with E-state index in [1.807, 2.05) is 37.3 Å². The maximum atomic E-state index is 13.6. The number of hydrogen-bond acceptors (Lipinski definition) is 3. The van der Waals surface area contributed by atoms with Crippen LogP contribution < -0.4 is 10.1 Å². The molecule has 0 aromatic heterocycles. The molecule has 3 aromatic rings. The summed E-state index contributed by atoms with van der Waals surface area (Å²) < 4.78 is 18.9. The van der Waals surface area contributed by atoms with Crippen molar-refractivity contribution in [3.8, 4) is 11.8 Å². The highest BCUT2D eigenvalue weighted by molar-refractivity contribution is 6.09. The first-order valence-corrected chi connectivity index (χ1v) is 9.39. The van der Waals surface area contributed by atoms with Crippen molar-refractivity contribution in [1.29, 1.82) is 5.26 Å². The number of carbonyl (C=O) groups is 1. The summed E-state index contributed by atoms with van der Waals surface area (Å²) in [5.74, 6) is -0.169. The highest BCUT2D eigenvalue weighted by Gasteiger charge is 2.12. The minimum Gasteiger partial charge on any atom is -0.497 e. The van der Waals surface area contributed by atoms with E-state index in [-0.39, 0.29) is 11.4 Å². The molecule has 0 aliphatic rings. The van der Waals surface area contributed by atoms with Gasteiger partial charge in [0.15, 0.2) is 0 Å². The smallest absolute Gasteiger partial charge is 0.266 e. The van der Waals surface area contributed by atoms with Crippen LogP contribution in [0.2, 0.25) is 0 Å². The van der Waals surface area contributed by atoms with Crippen LogP contribution in [0.4, 0.5) is 10.1 Å². The number of nitriles is 1. The lowest BCUT2D eigenvalue weighted by molar-refractivity contribution is -0.112. The zero-order chi connectivity index (χ0) is 21.5. The summed E-state index contributed by atoms with van der Waals surface area (Å²) >= 11 is 0. The number of methoxy groups -OCH3 is 1. The molecule has 0 radical (unpaired) electrons. The molecule has 0 aliphatic carbocycles. The molecular formula is C25H21FN2O2. The number of benzene rings is 3. The standard InChI is InChI=1S/C25H21FN2O2/c1-17-6-9-23(10-7-17)28-25(29)21(16-27)14-19-8-11-24(30-2)15-20(19)12-18-4-3-5-22(26)13-18/h3-11,13-15H,12H2,1-2H3,(H,28,29)/b21-14+. The van der Waals surface area contributed by atoms with Gasteiger partial charge in [-0.05, 0) is 72.5 Å². The number of nitrogens with zero attached hydrogens (tertiary/aromatic N) is 1. The Hall–Kier alpha value is -3.91. The van der Waals surface area contributed by atoms with Gasteiger partial charge in [0, 0.05) is 5.69 Å². The average Bonchev–Trinajstić information content (AvgIpc) is 2.74. The molecule has 0 saturated carbocycles. The van der Waals surface area contributed by atoms with E-state index in [4.69, 9.17) is 4.74 Å². The first-order chi connectivity index (χ1) is 14.5. The number of amides is 1. The zero-order valence-electron chi connectivity index (χ0n) is 16.8. The van der Waals surface area contributed by atoms with E-state index < -0.39 is 5.91 Å². The predicted octanol–water partition coefficient (Wildman–Crippen LogP) is 5.28. The number of anilines is 1. The van der Waals surface area contributed by atoms with Crippen molar-refractivity contribution < 1.29 is 13.9 Å². The molecule has 0 fully saturated rings. The summed E-state index contributed by atoms with van der Waals surface area (Å²) in [4.78, 5) is 12.6. The lowest BCUT2D eigenvalue weighted by atomic mass is 9.97. The molecule has 3 aromatic carbocycles. The van der Waals surface area contributed by atoms with Gasteiger partial charge in [-0.3, -0.25) is 4.79 Å². The number of ether oxygens (including phenoxy) is 1. The van der Waals surface area contributed by atoms with E-state index in [0.717, 1.165) is 16.7 Å². The molecular weight excluding hydrogens is 379 g/mol. The number of aryl methyl sites for hydroxylation is 1. The van der Waals surface area contributed by atoms with Gasteiger partial charge in [-0.15, -0.1) is 0 Å². The van der Waals surface area contributed by atoms with Gasteiger partial charge in [-0.2, -0.15) is 5.26 Å². The predicted molar refractivity (Wildman–Crippen MR) is 116 cm³/mol. The normalized spacial score (nSPS) is 10.9. The second-order valence-corrected chi connectivity index (χ2v) is 6.86. The molecule has 0 heterocycles. The first kappa shape index (κ1) is 20.8. The molecule has 5 heteroatoms. The molecule has 4 nitrogen and oxygen atoms in total. The van der Waals surface area contributed by atoms with Crippen LogP contribution in [0.3, 0.4) is 0 Å². The van der Waals surface area contributed by atoms with Crippen LogP contribution in [0.15, 0.2) is 72.3 Å². The van der Waals surface area contributed by atoms with Crippen molar-refractivity contribution in [2.24, 2.45) is 0 Å². The van der Waals surface area contributed by atoms with Gasteiger partial charge in [-0.25, -0.2) is 4.39 Å². The topological polar surface area (TPSA) is 62.1 Å². The van der Waals surface area contributed by atoms with E-state index in [0.29, 0.717) is 23.4 Å². The molecule has 0 saturated heterocycles. The van der Waals surface area contributed by atoms with Crippen LogP contribution in [-0.2, 0) is 11.2 Å². The second-order valence-electron chi connectivity index (χ2n) is 6.86. The van der Waals surface area contributed by atoms with Gasteiger partial charge < -0.3 is 10.1 Å². The molecule has 0 unspecified atom stereocenters. The van der Waals surface area contributed by atoms with Gasteiger partial charge in [-0.1, -0.05) is 35.9 Å². The van der Waals surface area contributed by atoms with Crippen molar-refractivity contribution in [3.63, 3.8) is 0 Å². The van der Waals surface area contributed by atoms with E-state index >= 15 is 0 Å². The lowest BCUT2D eigenvalue weighted by Crippen LogP contribution is -2.13. The van der Waals surface area contributed by atoms with Crippen LogP contribution >= 0.6 is 0 Å². The number of halogens is 1. The maximum absolute atomic E-state index is 13.6. The van der Waals surface area contributed by atoms with Crippen molar-refractivity contribution in [2.75, 3.05) is 12.4 Å². The third kappa shape index (κ3) is 5.33. The summed E-state index contributed by atoms with van der Waals surface area (Å²) in [5.41, 5.74) is 3.94. The van der Waals surface area contributed by atoms with Gasteiger partial charge in [0.25, 0.3) is 5.91 Å². The van der Waals surface area contributed by atoms with Crippen molar-refractivity contribution in [2.45, 2.75) is 13.3 Å². The SMILES string of the molecule is COc1ccc(/C=C(\C#N)C(=O)Nc2ccc(C)cc2)c(Cc2cccc(F)c2)c1. The van der Waals surface area contributed by atoms with Gasteiger partial charge in [0.1, 0.15) is 23.2 Å². The van der Waals surface area contributed by atoms with Crippen LogP contribution in [0.5, 0.6) is 5.75 Å². The first-order valence-electron chi connectivity index (χ1n) is 9.39. The second kappa shape index (κ2) is 9.53. The summed E-state index contributed by atoms with van der Waals surface area (Å²) in [6.45, 7) is 1.95. The third-order valence-electron chi connectivity index (χ3n) is 4.61. The van der Waals surface area contributed by atoms with Crippen molar-refractivity contribution in [1.82, 2.24) is 0 Å². The summed E-state index contributed by atoms with van der Waals surface area (Å²) in [7, 11) is 1.56. The largest absolute Gasteiger partial charge is 0.497 e. The van der Waals surface area contributed by atoms with Gasteiger partial charge in [0.05, 0.1) is 7.11 Å². The Morgan fingerprint density at radius 1 is 1.13 bits per heavy atom. The molecule has 1 N–H and O–H groups in total. The Labute approximate surface area is 175 Å². The Morgan fingerprint density at radius 2 is 1.90 bits per heavy atom. The Kier molecular flexibility index (Phi) is 6.61. The van der Waals surface area contributed by atoms with Crippen LogP contribution in [0.25, 0.3) is 6.08 Å². The molecule has 0 bridgehead atoms. The molecule has 30 heavy (non-hydrogen) atoms. The zero-order valence-corrected chi connectivity index (χ0v) is 16.8. The highest BCUT2D eigenvalue weighted by Crippen LogP contribution is 2.24. The Morgan fingerprint density at radius 3 is 2.57 bits per heavy atom. The summed E-state index contributed by atoms with van der Waals surface area (Å²) in [6, 6.07) is 21.0. The quantitative estimate of drug-likeness (QED) is 0.452. The Balaban J connectivity index is 1.92. The average molecular weight is 400 g/mol. The van der Waals surface area contributed by atoms with E-state index in [2.05, 4.69) is 5.32 Å². The monoisotopic (exact) mass is 400 g/mol. The fourth-order valence-electron chi connectivity index (χ4n) is 3.01. The number of rotatable bonds is 6. The summed E-state index contributed by atoms with van der Waals surface area (Å²) in [6.07, 6.45) is 1.97. The van der Waals surface area contributed by atoms with Crippen molar-refractivity contribution >= 4 is 17.7 Å². The van der Waals surface area contributed by atoms with E-state index in [9.17, 15) is 14.4 Å². The molecule has 0 spiro atoms. The lowest BCUT2D eigenvalue weighted by Gasteiger charge is -2.10. The molecule has 3 rings (SSSR count). The van der Waals surface area contributed by atoms with Gasteiger partial charge in [0.2, 0.25) is 0 Å². The maximum Gasteiger partial charge on any atom is 0.266 e. The van der Waals surface area contributed by atoms with E-state index in [1.54, 1.807) is 37.4 Å². The molecule has 150 valence electrons. The van der Waals surface area contributed by atoms with Crippen LogP contribution in [-0.4, -0.2) is 13.0 Å². The minimum atomic E-state index is -0.492. The van der Waals surface area contributed by atoms with Crippen molar-refractivity contribution in [3.05, 3.63) is 100 Å². The number of nitrogens with one attached hydrogen (secondary N) is 1. The third-order valence-corrected chi connectivity index (χ3v) is 4.61. The van der Waals surface area contributed by atoms with Gasteiger partial charge >= 0.3 is 0 Å². The summed E-state index contributed by atoms with van der Waals surface area (Å²) in [5, 5.41) is 12.3. The fourth-order valence-corrected chi connectivity index (χ4v) is 3.01. The van der Waals surface area contributed by atoms with Crippen LogP contribution in [0, 0.1) is 24.1 Å². The fraction of sp³-hybridized carbons (Fsp3) is 0.120. The number of carbonyl (C=O) groups excluding carboxylic acids is 1.